The fourth-order valence-electron chi connectivity index (χ4n) is 4.29. The highest BCUT2D eigenvalue weighted by Gasteiger charge is 2.39. The van der Waals surface area contributed by atoms with Gasteiger partial charge in [0.05, 0.1) is 31.2 Å². The molecule has 37 heavy (non-hydrogen) atoms. The van der Waals surface area contributed by atoms with Crippen LogP contribution in [0.1, 0.15) is 11.4 Å². The average molecular weight is 506 g/mol. The summed E-state index contributed by atoms with van der Waals surface area (Å²) in [6, 6.07) is 13.0. The first-order valence-electron chi connectivity index (χ1n) is 11.1. The van der Waals surface area contributed by atoms with Crippen molar-refractivity contribution in [2.75, 3.05) is 7.11 Å². The number of halogens is 3. The molecule has 12 heteroatoms. The first-order valence-corrected chi connectivity index (χ1v) is 11.1. The summed E-state index contributed by atoms with van der Waals surface area (Å²) in [4.78, 5) is 25.3. The molecule has 0 spiro atoms. The molecule has 2 aromatic carbocycles. The van der Waals surface area contributed by atoms with Gasteiger partial charge in [-0.1, -0.05) is 36.4 Å². The summed E-state index contributed by atoms with van der Waals surface area (Å²) >= 11 is 0. The molecule has 0 saturated carbocycles. The van der Waals surface area contributed by atoms with Gasteiger partial charge in [-0.15, -0.1) is 0 Å². The number of oxazole rings is 1. The van der Waals surface area contributed by atoms with Crippen LogP contribution in [0, 0.1) is 0 Å². The summed E-state index contributed by atoms with van der Waals surface area (Å²) in [7, 11) is 1.47. The quantitative estimate of drug-likeness (QED) is 0.361. The minimum atomic E-state index is -4.81. The molecule has 0 amide bonds. The van der Waals surface area contributed by atoms with E-state index in [4.69, 9.17) is 9.15 Å². The summed E-state index contributed by atoms with van der Waals surface area (Å²) < 4.78 is 55.9. The van der Waals surface area contributed by atoms with Crippen molar-refractivity contribution in [2.45, 2.75) is 12.7 Å². The lowest BCUT2D eigenvalue weighted by atomic mass is 10.1. The highest BCUT2D eigenvalue weighted by molar-refractivity contribution is 5.84. The molecule has 6 rings (SSSR count). The summed E-state index contributed by atoms with van der Waals surface area (Å²) in [5, 5.41) is 3.71. The van der Waals surface area contributed by atoms with Gasteiger partial charge >= 0.3 is 6.18 Å². The molecule has 0 fully saturated rings. The number of hydrogen-bond donors (Lipinski definition) is 1. The van der Waals surface area contributed by atoms with Crippen molar-refractivity contribution >= 4 is 16.7 Å². The van der Waals surface area contributed by atoms with Crippen LogP contribution in [0.2, 0.25) is 0 Å². The molecule has 4 aromatic heterocycles. The van der Waals surface area contributed by atoms with Crippen LogP contribution in [-0.2, 0) is 12.7 Å². The number of aromatic nitrogens is 6. The van der Waals surface area contributed by atoms with E-state index >= 15 is 0 Å². The van der Waals surface area contributed by atoms with Crippen LogP contribution in [0.4, 0.5) is 13.2 Å². The van der Waals surface area contributed by atoms with Crippen LogP contribution in [0.5, 0.6) is 5.75 Å². The molecular formula is C25H17F3N6O3. The number of alkyl halides is 3. The van der Waals surface area contributed by atoms with Crippen LogP contribution in [0.3, 0.4) is 0 Å². The van der Waals surface area contributed by atoms with Crippen LogP contribution < -0.4 is 10.3 Å². The molecule has 0 aliphatic carbocycles. The Hall–Kier alpha value is -4.87. The summed E-state index contributed by atoms with van der Waals surface area (Å²) in [6.45, 7) is 0.0810. The van der Waals surface area contributed by atoms with Gasteiger partial charge in [0.15, 0.2) is 16.8 Å². The zero-order valence-corrected chi connectivity index (χ0v) is 19.2. The van der Waals surface area contributed by atoms with Crippen molar-refractivity contribution in [1.82, 2.24) is 29.1 Å². The zero-order chi connectivity index (χ0) is 25.7. The Balaban J connectivity index is 1.69. The van der Waals surface area contributed by atoms with Crippen LogP contribution in [0.25, 0.3) is 39.3 Å². The lowest BCUT2D eigenvalue weighted by Crippen LogP contribution is -2.21. The molecular weight excluding hydrogens is 489 g/mol. The second-order valence-electron chi connectivity index (χ2n) is 8.19. The normalized spacial score (nSPS) is 12.0. The second kappa shape index (κ2) is 8.36. The lowest BCUT2D eigenvalue weighted by molar-refractivity contribution is -0.140. The third-order valence-corrected chi connectivity index (χ3v) is 5.91. The standard InChI is InChI=1S/C25H17F3N6O3/c1-36-16-8-5-9-17-20(16)31-23(37-17)19-15(12-33-11-10-29-13-33)30-22-18(14-6-3-2-4-7-14)21(25(26,27)28)32-34(22)24(19)35/h2-11,13,30H,12H2,1H3. The maximum atomic E-state index is 14.1. The Morgan fingerprint density at radius 2 is 1.89 bits per heavy atom. The second-order valence-corrected chi connectivity index (χ2v) is 8.19. The molecule has 186 valence electrons. The SMILES string of the molecule is COc1cccc2oc(-c3c(Cn4ccnc4)[nH]c4c(-c5ccccc5)c(C(F)(F)F)nn4c3=O)nc12. The monoisotopic (exact) mass is 506 g/mol. The first kappa shape index (κ1) is 22.6. The number of para-hydroxylation sites is 1. The van der Waals surface area contributed by atoms with Crippen molar-refractivity contribution in [1.29, 1.82) is 0 Å². The molecule has 0 unspecified atom stereocenters. The Morgan fingerprint density at radius 3 is 2.59 bits per heavy atom. The maximum Gasteiger partial charge on any atom is 0.435 e. The Morgan fingerprint density at radius 1 is 1.08 bits per heavy atom. The van der Waals surface area contributed by atoms with Gasteiger partial charge in [-0.05, 0) is 17.7 Å². The number of aromatic amines is 1. The van der Waals surface area contributed by atoms with Crippen LogP contribution in [-0.4, -0.2) is 36.2 Å². The van der Waals surface area contributed by atoms with Crippen LogP contribution >= 0.6 is 0 Å². The van der Waals surface area contributed by atoms with Crippen molar-refractivity contribution < 1.29 is 22.3 Å². The molecule has 0 aliphatic heterocycles. The number of fused-ring (bicyclic) bond motifs is 2. The van der Waals surface area contributed by atoms with Gasteiger partial charge in [0.25, 0.3) is 5.56 Å². The van der Waals surface area contributed by atoms with E-state index in [0.29, 0.717) is 21.4 Å². The minimum absolute atomic E-state index is 0.0599. The Kier molecular flexibility index (Phi) is 5.10. The number of ether oxygens (including phenoxy) is 1. The number of hydrogen-bond acceptors (Lipinski definition) is 6. The highest BCUT2D eigenvalue weighted by atomic mass is 19.4. The molecule has 0 saturated heterocycles. The number of H-pyrrole nitrogens is 1. The number of rotatable bonds is 5. The maximum absolute atomic E-state index is 14.1. The molecule has 0 bridgehead atoms. The summed E-state index contributed by atoms with van der Waals surface area (Å²) in [5.74, 6) is 0.342. The van der Waals surface area contributed by atoms with Gasteiger partial charge in [-0.3, -0.25) is 4.79 Å². The fraction of sp³-hybridized carbons (Fsp3) is 0.120. The van der Waals surface area contributed by atoms with E-state index in [9.17, 15) is 18.0 Å². The van der Waals surface area contributed by atoms with Gasteiger partial charge in [0, 0.05) is 12.4 Å². The van der Waals surface area contributed by atoms with Gasteiger partial charge in [0.2, 0.25) is 5.89 Å². The van der Waals surface area contributed by atoms with E-state index in [1.54, 1.807) is 53.4 Å². The highest BCUT2D eigenvalue weighted by Crippen LogP contribution is 2.39. The molecule has 0 aliphatic rings. The van der Waals surface area contributed by atoms with Crippen molar-refractivity contribution in [3.63, 3.8) is 0 Å². The lowest BCUT2D eigenvalue weighted by Gasteiger charge is -2.10. The number of nitrogens with zero attached hydrogens (tertiary/aromatic N) is 5. The van der Waals surface area contributed by atoms with Crippen molar-refractivity contribution in [3.8, 4) is 28.3 Å². The van der Waals surface area contributed by atoms with E-state index in [2.05, 4.69) is 20.1 Å². The predicted octanol–water partition coefficient (Wildman–Crippen LogP) is 4.77. The number of benzene rings is 2. The van der Waals surface area contributed by atoms with Crippen molar-refractivity contribution in [2.24, 2.45) is 0 Å². The third-order valence-electron chi connectivity index (χ3n) is 5.91. The fourth-order valence-corrected chi connectivity index (χ4v) is 4.29. The average Bonchev–Trinajstić information content (AvgIpc) is 3.62. The minimum Gasteiger partial charge on any atom is -0.494 e. The van der Waals surface area contributed by atoms with Gasteiger partial charge in [-0.2, -0.15) is 22.8 Å². The van der Waals surface area contributed by atoms with Crippen LogP contribution in [0.15, 0.2) is 76.5 Å². The van der Waals surface area contributed by atoms with Gasteiger partial charge in [0.1, 0.15) is 17.0 Å². The molecule has 0 atom stereocenters. The Bertz CT molecular complexity index is 1800. The summed E-state index contributed by atoms with van der Waals surface area (Å²) in [5.41, 5.74) is -1.15. The number of methoxy groups -OCH3 is 1. The smallest absolute Gasteiger partial charge is 0.435 e. The van der Waals surface area contributed by atoms with Gasteiger partial charge < -0.3 is 18.7 Å². The Labute approximate surface area is 205 Å². The van der Waals surface area contributed by atoms with E-state index in [1.165, 1.54) is 25.6 Å². The first-order chi connectivity index (χ1) is 17.8. The van der Waals surface area contributed by atoms with E-state index in [-0.39, 0.29) is 40.5 Å². The van der Waals surface area contributed by atoms with E-state index in [1.807, 2.05) is 0 Å². The molecule has 0 radical (unpaired) electrons. The van der Waals surface area contributed by atoms with E-state index < -0.39 is 17.4 Å². The summed E-state index contributed by atoms with van der Waals surface area (Å²) in [6.07, 6.45) is -0.0717. The number of imidazole rings is 1. The molecule has 1 N–H and O–H groups in total. The predicted molar refractivity (Wildman–Crippen MR) is 127 cm³/mol. The molecule has 4 heterocycles. The zero-order valence-electron chi connectivity index (χ0n) is 19.2. The molecule has 9 nitrogen and oxygen atoms in total. The van der Waals surface area contributed by atoms with Crippen molar-refractivity contribution in [3.05, 3.63) is 89.0 Å². The molecule has 6 aromatic rings. The topological polar surface area (TPSA) is 103 Å². The largest absolute Gasteiger partial charge is 0.494 e. The van der Waals surface area contributed by atoms with E-state index in [0.717, 1.165) is 0 Å². The third kappa shape index (κ3) is 3.73. The van der Waals surface area contributed by atoms with Gasteiger partial charge in [-0.25, -0.2) is 9.97 Å². The number of nitrogens with one attached hydrogen (secondary N) is 1.